The molecule has 3 amide bonds. The SMILES string of the molecule is CC(=O)N(O)C(=O)Nc1c(Cl)cccc1Cl. The number of imide groups is 1. The molecule has 0 atom stereocenters. The average Bonchev–Trinajstić information content (AvgIpc) is 2.22. The highest BCUT2D eigenvalue weighted by Gasteiger charge is 2.17. The number of halogens is 2. The van der Waals surface area contributed by atoms with E-state index in [0.29, 0.717) is 0 Å². The summed E-state index contributed by atoms with van der Waals surface area (Å²) in [5, 5.41) is 11.6. The van der Waals surface area contributed by atoms with Crippen LogP contribution in [0, 0.1) is 0 Å². The first-order chi connectivity index (χ1) is 7.43. The molecule has 0 aliphatic carbocycles. The Morgan fingerprint density at radius 1 is 1.31 bits per heavy atom. The van der Waals surface area contributed by atoms with Gasteiger partial charge in [0.2, 0.25) is 0 Å². The summed E-state index contributed by atoms with van der Waals surface area (Å²) in [6.45, 7) is 1.04. The minimum atomic E-state index is -1.03. The number of nitrogens with zero attached hydrogens (tertiary/aromatic N) is 1. The molecule has 1 aromatic rings. The van der Waals surface area contributed by atoms with Crippen LogP contribution in [0.15, 0.2) is 18.2 Å². The van der Waals surface area contributed by atoms with Crippen LogP contribution in [0.1, 0.15) is 6.92 Å². The first kappa shape index (κ1) is 12.8. The molecule has 16 heavy (non-hydrogen) atoms. The van der Waals surface area contributed by atoms with Gasteiger partial charge in [0.25, 0.3) is 5.91 Å². The van der Waals surface area contributed by atoms with E-state index in [0.717, 1.165) is 6.92 Å². The lowest BCUT2D eigenvalue weighted by atomic mass is 10.3. The molecule has 0 bridgehead atoms. The molecule has 7 heteroatoms. The molecule has 0 saturated carbocycles. The van der Waals surface area contributed by atoms with Crippen molar-refractivity contribution in [2.45, 2.75) is 6.92 Å². The van der Waals surface area contributed by atoms with Crippen LogP contribution in [0.2, 0.25) is 10.0 Å². The third-order valence-electron chi connectivity index (χ3n) is 1.69. The molecule has 0 aromatic heterocycles. The molecule has 0 saturated heterocycles. The lowest BCUT2D eigenvalue weighted by molar-refractivity contribution is -0.149. The zero-order chi connectivity index (χ0) is 12.3. The van der Waals surface area contributed by atoms with Gasteiger partial charge >= 0.3 is 6.03 Å². The Hall–Kier alpha value is -1.30. The summed E-state index contributed by atoms with van der Waals surface area (Å²) >= 11 is 11.5. The minimum absolute atomic E-state index is 0.0698. The van der Waals surface area contributed by atoms with Crippen molar-refractivity contribution in [2.75, 3.05) is 5.32 Å². The van der Waals surface area contributed by atoms with Gasteiger partial charge in [0.05, 0.1) is 15.7 Å². The van der Waals surface area contributed by atoms with Crippen LogP contribution in [0.4, 0.5) is 10.5 Å². The highest BCUT2D eigenvalue weighted by atomic mass is 35.5. The van der Waals surface area contributed by atoms with Gasteiger partial charge in [0, 0.05) is 6.92 Å². The van der Waals surface area contributed by atoms with Gasteiger partial charge in [0.15, 0.2) is 0 Å². The Balaban J connectivity index is 2.89. The maximum atomic E-state index is 11.3. The van der Waals surface area contributed by atoms with Gasteiger partial charge in [0.1, 0.15) is 0 Å². The van der Waals surface area contributed by atoms with E-state index in [2.05, 4.69) is 5.32 Å². The number of hydrogen-bond acceptors (Lipinski definition) is 3. The predicted molar refractivity (Wildman–Crippen MR) is 59.8 cm³/mol. The molecule has 2 N–H and O–H groups in total. The van der Waals surface area contributed by atoms with Crippen LogP contribution in [-0.4, -0.2) is 22.2 Å². The second kappa shape index (κ2) is 5.16. The van der Waals surface area contributed by atoms with Gasteiger partial charge in [-0.15, -0.1) is 5.06 Å². The first-order valence-corrected chi connectivity index (χ1v) is 4.93. The van der Waals surface area contributed by atoms with E-state index in [4.69, 9.17) is 28.4 Å². The monoisotopic (exact) mass is 262 g/mol. The van der Waals surface area contributed by atoms with Gasteiger partial charge in [-0.2, -0.15) is 0 Å². The number of carbonyl (C=O) groups is 2. The van der Waals surface area contributed by atoms with E-state index >= 15 is 0 Å². The standard InChI is InChI=1S/C9H8Cl2N2O3/c1-5(14)13(16)9(15)12-8-6(10)3-2-4-7(8)11/h2-4,16H,1H3,(H,12,15). The van der Waals surface area contributed by atoms with Crippen molar-refractivity contribution in [3.05, 3.63) is 28.2 Å². The van der Waals surface area contributed by atoms with Crippen LogP contribution in [-0.2, 0) is 4.79 Å². The summed E-state index contributed by atoms with van der Waals surface area (Å²) in [4.78, 5) is 22.0. The van der Waals surface area contributed by atoms with Crippen LogP contribution >= 0.6 is 23.2 Å². The number of anilines is 1. The second-order valence-corrected chi connectivity index (χ2v) is 3.67. The zero-order valence-electron chi connectivity index (χ0n) is 8.20. The van der Waals surface area contributed by atoms with Gasteiger partial charge in [-0.05, 0) is 12.1 Å². The average molecular weight is 263 g/mol. The summed E-state index contributed by atoms with van der Waals surface area (Å²) in [6, 6.07) is 3.60. The summed E-state index contributed by atoms with van der Waals surface area (Å²) in [7, 11) is 0. The van der Waals surface area contributed by atoms with Gasteiger partial charge in [-0.1, -0.05) is 29.3 Å². The Morgan fingerprint density at radius 3 is 2.25 bits per heavy atom. The lowest BCUT2D eigenvalue weighted by Gasteiger charge is -2.13. The van der Waals surface area contributed by atoms with Gasteiger partial charge in [-0.3, -0.25) is 10.0 Å². The van der Waals surface area contributed by atoms with Gasteiger partial charge < -0.3 is 5.32 Å². The van der Waals surface area contributed by atoms with Crippen molar-refractivity contribution in [1.82, 2.24) is 5.06 Å². The quantitative estimate of drug-likeness (QED) is 0.604. The van der Waals surface area contributed by atoms with E-state index in [1.54, 1.807) is 6.07 Å². The fourth-order valence-electron chi connectivity index (χ4n) is 0.920. The van der Waals surface area contributed by atoms with Crippen molar-refractivity contribution < 1.29 is 14.8 Å². The van der Waals surface area contributed by atoms with E-state index < -0.39 is 11.9 Å². The number of urea groups is 1. The molecule has 1 aromatic carbocycles. The third kappa shape index (κ3) is 2.85. The molecule has 0 radical (unpaired) electrons. The van der Waals surface area contributed by atoms with Crippen molar-refractivity contribution >= 4 is 40.8 Å². The largest absolute Gasteiger partial charge is 0.353 e. The molecule has 1 rings (SSSR count). The molecular weight excluding hydrogens is 255 g/mol. The van der Waals surface area contributed by atoms with E-state index in [9.17, 15) is 9.59 Å². The Bertz CT molecular complexity index is 417. The Kier molecular flexibility index (Phi) is 4.12. The van der Waals surface area contributed by atoms with E-state index in [1.165, 1.54) is 12.1 Å². The fraction of sp³-hybridized carbons (Fsp3) is 0.111. The molecule has 0 unspecified atom stereocenters. The van der Waals surface area contributed by atoms with Crippen LogP contribution in [0.3, 0.4) is 0 Å². The third-order valence-corrected chi connectivity index (χ3v) is 2.32. The molecule has 0 fully saturated rings. The molecule has 0 aliphatic heterocycles. The smallest absolute Gasteiger partial charge is 0.303 e. The van der Waals surface area contributed by atoms with Crippen molar-refractivity contribution in [1.29, 1.82) is 0 Å². The number of nitrogens with one attached hydrogen (secondary N) is 1. The van der Waals surface area contributed by atoms with Crippen LogP contribution in [0.5, 0.6) is 0 Å². The minimum Gasteiger partial charge on any atom is -0.303 e. The maximum Gasteiger partial charge on any atom is 0.353 e. The predicted octanol–water partition coefficient (Wildman–Crippen LogP) is 2.76. The normalized spacial score (nSPS) is 9.75. The molecule has 5 nitrogen and oxygen atoms in total. The molecule has 0 aliphatic rings. The van der Waals surface area contributed by atoms with Crippen molar-refractivity contribution in [3.63, 3.8) is 0 Å². The lowest BCUT2D eigenvalue weighted by Crippen LogP contribution is -2.35. The molecule has 0 heterocycles. The topological polar surface area (TPSA) is 69.6 Å². The number of rotatable bonds is 1. The van der Waals surface area contributed by atoms with Crippen molar-refractivity contribution in [3.8, 4) is 0 Å². The fourth-order valence-corrected chi connectivity index (χ4v) is 1.41. The van der Waals surface area contributed by atoms with E-state index in [1.807, 2.05) is 0 Å². The highest BCUT2D eigenvalue weighted by Crippen LogP contribution is 2.29. The maximum absolute atomic E-state index is 11.3. The molecular formula is C9H8Cl2N2O3. The second-order valence-electron chi connectivity index (χ2n) is 2.86. The summed E-state index contributed by atoms with van der Waals surface area (Å²) in [5.74, 6) is -0.819. The number of benzene rings is 1. The Morgan fingerprint density at radius 2 is 1.81 bits per heavy atom. The summed E-state index contributed by atoms with van der Waals surface area (Å²) < 4.78 is 0. The zero-order valence-corrected chi connectivity index (χ0v) is 9.71. The molecule has 0 spiro atoms. The van der Waals surface area contributed by atoms with Crippen LogP contribution in [0.25, 0.3) is 0 Å². The van der Waals surface area contributed by atoms with Crippen LogP contribution < -0.4 is 5.32 Å². The summed E-state index contributed by atoms with van der Waals surface area (Å²) in [5.41, 5.74) is 0.135. The number of hydrogen-bond donors (Lipinski definition) is 2. The highest BCUT2D eigenvalue weighted by molar-refractivity contribution is 6.39. The number of amides is 3. The Labute approximate surface area is 102 Å². The van der Waals surface area contributed by atoms with Crippen molar-refractivity contribution in [2.24, 2.45) is 0 Å². The van der Waals surface area contributed by atoms with E-state index in [-0.39, 0.29) is 20.8 Å². The summed E-state index contributed by atoms with van der Waals surface area (Å²) in [6.07, 6.45) is 0. The molecule has 86 valence electrons. The first-order valence-electron chi connectivity index (χ1n) is 4.18. The number of para-hydroxylation sites is 1. The number of hydroxylamine groups is 2. The number of carbonyl (C=O) groups excluding carboxylic acids is 2. The van der Waals surface area contributed by atoms with Gasteiger partial charge in [-0.25, -0.2) is 4.79 Å².